The lowest BCUT2D eigenvalue weighted by Crippen LogP contribution is -2.48. The summed E-state index contributed by atoms with van der Waals surface area (Å²) in [6.45, 7) is 6.18. The van der Waals surface area contributed by atoms with E-state index in [1.54, 1.807) is 12.1 Å². The molecule has 2 rings (SSSR count). The molecule has 0 aliphatic carbocycles. The standard InChI is InChI=1S/C14H20FNO2/c1-10-9-18-11(2)7-16(10)8-14(17)12-3-5-13(15)6-4-12/h3-6,10-11,14,17H,7-9H2,1-2H3. The van der Waals surface area contributed by atoms with E-state index in [9.17, 15) is 9.50 Å². The summed E-state index contributed by atoms with van der Waals surface area (Å²) in [6.07, 6.45) is -0.389. The van der Waals surface area contributed by atoms with Crippen LogP contribution in [0.2, 0.25) is 0 Å². The van der Waals surface area contributed by atoms with Crippen molar-refractivity contribution < 1.29 is 14.2 Å². The van der Waals surface area contributed by atoms with Crippen molar-refractivity contribution in [1.29, 1.82) is 0 Å². The number of halogens is 1. The van der Waals surface area contributed by atoms with Crippen LogP contribution in [0, 0.1) is 5.82 Å². The van der Waals surface area contributed by atoms with E-state index in [4.69, 9.17) is 4.74 Å². The van der Waals surface area contributed by atoms with Gasteiger partial charge in [-0.2, -0.15) is 0 Å². The van der Waals surface area contributed by atoms with Gasteiger partial charge in [0.15, 0.2) is 0 Å². The third-order valence-electron chi connectivity index (χ3n) is 3.40. The molecular formula is C14H20FNO2. The molecule has 1 aliphatic rings. The highest BCUT2D eigenvalue weighted by molar-refractivity contribution is 5.18. The summed E-state index contributed by atoms with van der Waals surface area (Å²) in [7, 11) is 0. The summed E-state index contributed by atoms with van der Waals surface area (Å²) in [5.74, 6) is -0.278. The Morgan fingerprint density at radius 2 is 2.06 bits per heavy atom. The average molecular weight is 253 g/mol. The number of morpholine rings is 1. The molecule has 1 aromatic rings. The summed E-state index contributed by atoms with van der Waals surface area (Å²) >= 11 is 0. The van der Waals surface area contributed by atoms with Gasteiger partial charge in [0.1, 0.15) is 5.82 Å². The summed E-state index contributed by atoms with van der Waals surface area (Å²) in [5, 5.41) is 10.2. The van der Waals surface area contributed by atoms with E-state index in [0.29, 0.717) is 19.2 Å². The number of aliphatic hydroxyl groups is 1. The Morgan fingerprint density at radius 3 is 2.72 bits per heavy atom. The molecule has 0 saturated carbocycles. The number of benzene rings is 1. The first-order valence-corrected chi connectivity index (χ1v) is 6.35. The van der Waals surface area contributed by atoms with Gasteiger partial charge in [-0.25, -0.2) is 4.39 Å². The predicted octanol–water partition coefficient (Wildman–Crippen LogP) is 1.97. The van der Waals surface area contributed by atoms with Crippen LogP contribution < -0.4 is 0 Å². The van der Waals surface area contributed by atoms with Crippen LogP contribution in [-0.4, -0.2) is 41.8 Å². The summed E-state index contributed by atoms with van der Waals surface area (Å²) < 4.78 is 18.4. The number of rotatable bonds is 3. The number of hydrogen-bond acceptors (Lipinski definition) is 3. The van der Waals surface area contributed by atoms with Crippen LogP contribution in [0.5, 0.6) is 0 Å². The zero-order valence-electron chi connectivity index (χ0n) is 10.8. The molecule has 1 N–H and O–H groups in total. The Balaban J connectivity index is 1.97. The first-order chi connectivity index (χ1) is 8.56. The second kappa shape index (κ2) is 5.78. The second-order valence-electron chi connectivity index (χ2n) is 5.01. The van der Waals surface area contributed by atoms with Gasteiger partial charge in [-0.05, 0) is 31.5 Å². The van der Waals surface area contributed by atoms with Crippen molar-refractivity contribution in [2.45, 2.75) is 32.1 Å². The number of nitrogens with zero attached hydrogens (tertiary/aromatic N) is 1. The molecule has 1 aliphatic heterocycles. The van der Waals surface area contributed by atoms with Crippen molar-refractivity contribution in [2.75, 3.05) is 19.7 Å². The van der Waals surface area contributed by atoms with E-state index in [-0.39, 0.29) is 11.9 Å². The lowest BCUT2D eigenvalue weighted by atomic mass is 10.1. The van der Waals surface area contributed by atoms with Gasteiger partial charge in [-0.15, -0.1) is 0 Å². The van der Waals surface area contributed by atoms with Crippen LogP contribution in [-0.2, 0) is 4.74 Å². The molecular weight excluding hydrogens is 233 g/mol. The molecule has 0 aromatic heterocycles. The minimum Gasteiger partial charge on any atom is -0.387 e. The van der Waals surface area contributed by atoms with Crippen molar-refractivity contribution in [2.24, 2.45) is 0 Å². The van der Waals surface area contributed by atoms with Crippen molar-refractivity contribution in [3.8, 4) is 0 Å². The molecule has 1 saturated heterocycles. The lowest BCUT2D eigenvalue weighted by Gasteiger charge is -2.37. The minimum atomic E-state index is -0.585. The maximum absolute atomic E-state index is 12.8. The zero-order valence-corrected chi connectivity index (χ0v) is 10.8. The van der Waals surface area contributed by atoms with Gasteiger partial charge in [0.2, 0.25) is 0 Å². The molecule has 0 radical (unpaired) electrons. The molecule has 3 nitrogen and oxygen atoms in total. The Kier molecular flexibility index (Phi) is 4.32. The van der Waals surface area contributed by atoms with Crippen molar-refractivity contribution >= 4 is 0 Å². The van der Waals surface area contributed by atoms with E-state index < -0.39 is 6.10 Å². The molecule has 3 atom stereocenters. The second-order valence-corrected chi connectivity index (χ2v) is 5.01. The highest BCUT2D eigenvalue weighted by Crippen LogP contribution is 2.19. The number of aliphatic hydroxyl groups excluding tert-OH is 1. The molecule has 0 bridgehead atoms. The zero-order chi connectivity index (χ0) is 13.1. The largest absolute Gasteiger partial charge is 0.387 e. The van der Waals surface area contributed by atoms with E-state index in [1.165, 1.54) is 12.1 Å². The summed E-state index contributed by atoms with van der Waals surface area (Å²) in [4.78, 5) is 2.21. The van der Waals surface area contributed by atoms with Crippen LogP contribution in [0.3, 0.4) is 0 Å². The fraction of sp³-hybridized carbons (Fsp3) is 0.571. The van der Waals surface area contributed by atoms with Gasteiger partial charge in [0, 0.05) is 19.1 Å². The van der Waals surface area contributed by atoms with E-state index in [1.807, 2.05) is 6.92 Å². The third-order valence-corrected chi connectivity index (χ3v) is 3.40. The molecule has 1 aromatic carbocycles. The molecule has 4 heteroatoms. The topological polar surface area (TPSA) is 32.7 Å². The Labute approximate surface area is 107 Å². The summed E-state index contributed by atoms with van der Waals surface area (Å²) in [6, 6.07) is 6.33. The van der Waals surface area contributed by atoms with Crippen LogP contribution >= 0.6 is 0 Å². The monoisotopic (exact) mass is 253 g/mol. The van der Waals surface area contributed by atoms with Gasteiger partial charge < -0.3 is 9.84 Å². The van der Waals surface area contributed by atoms with Gasteiger partial charge in [-0.1, -0.05) is 12.1 Å². The SMILES string of the molecule is CC1CN(CC(O)c2ccc(F)cc2)C(C)CO1. The third kappa shape index (κ3) is 3.28. The van der Waals surface area contributed by atoms with Gasteiger partial charge in [-0.3, -0.25) is 4.90 Å². The molecule has 3 unspecified atom stereocenters. The molecule has 0 amide bonds. The van der Waals surface area contributed by atoms with Gasteiger partial charge in [0.25, 0.3) is 0 Å². The Bertz CT molecular complexity index is 382. The molecule has 18 heavy (non-hydrogen) atoms. The summed E-state index contributed by atoms with van der Waals surface area (Å²) in [5.41, 5.74) is 0.753. The van der Waals surface area contributed by atoms with Crippen molar-refractivity contribution in [3.05, 3.63) is 35.6 Å². The van der Waals surface area contributed by atoms with Crippen LogP contribution in [0.1, 0.15) is 25.5 Å². The predicted molar refractivity (Wildman–Crippen MR) is 67.8 cm³/mol. The molecule has 1 heterocycles. The normalized spacial score (nSPS) is 27.1. The number of ether oxygens (including phenoxy) is 1. The van der Waals surface area contributed by atoms with Gasteiger partial charge in [0.05, 0.1) is 18.8 Å². The number of β-amino-alcohol motifs (C(OH)–C–C–N with tert-alkyl or cyclic N) is 1. The maximum atomic E-state index is 12.8. The van der Waals surface area contributed by atoms with E-state index in [2.05, 4.69) is 11.8 Å². The van der Waals surface area contributed by atoms with Crippen molar-refractivity contribution in [1.82, 2.24) is 4.90 Å². The van der Waals surface area contributed by atoms with Crippen LogP contribution in [0.4, 0.5) is 4.39 Å². The lowest BCUT2D eigenvalue weighted by molar-refractivity contribution is -0.0619. The quantitative estimate of drug-likeness (QED) is 0.894. The van der Waals surface area contributed by atoms with E-state index >= 15 is 0 Å². The first-order valence-electron chi connectivity index (χ1n) is 6.35. The van der Waals surface area contributed by atoms with E-state index in [0.717, 1.165) is 12.1 Å². The average Bonchev–Trinajstić information content (AvgIpc) is 2.34. The fourth-order valence-electron chi connectivity index (χ4n) is 2.24. The minimum absolute atomic E-state index is 0.196. The smallest absolute Gasteiger partial charge is 0.123 e. The highest BCUT2D eigenvalue weighted by Gasteiger charge is 2.25. The van der Waals surface area contributed by atoms with Gasteiger partial charge >= 0.3 is 0 Å². The first kappa shape index (κ1) is 13.5. The Hall–Kier alpha value is -0.970. The maximum Gasteiger partial charge on any atom is 0.123 e. The van der Waals surface area contributed by atoms with Crippen molar-refractivity contribution in [3.63, 3.8) is 0 Å². The van der Waals surface area contributed by atoms with Crippen LogP contribution in [0.25, 0.3) is 0 Å². The van der Waals surface area contributed by atoms with Crippen LogP contribution in [0.15, 0.2) is 24.3 Å². The Morgan fingerprint density at radius 1 is 1.39 bits per heavy atom. The number of hydrogen-bond donors (Lipinski definition) is 1. The highest BCUT2D eigenvalue weighted by atomic mass is 19.1. The molecule has 1 fully saturated rings. The fourth-order valence-corrected chi connectivity index (χ4v) is 2.24. The molecule has 0 spiro atoms. The molecule has 100 valence electrons.